The fourth-order valence-corrected chi connectivity index (χ4v) is 3.22. The Hall–Kier alpha value is -3.53. The first-order valence-electron chi connectivity index (χ1n) is 9.30. The second-order valence-electron chi connectivity index (χ2n) is 6.83. The van der Waals surface area contributed by atoms with Crippen LogP contribution in [0.15, 0.2) is 85.1 Å². The molecule has 0 fully saturated rings. The molecule has 1 heterocycles. The molecule has 4 rings (SSSR count). The number of aromatic amines is 1. The standard InChI is InChI=1S/C24H22N2O2/c1-17-11-13-19(14-12-17)26-23(21-15-25-22-10-6-5-9-20(21)22)24(27)28-16-18-7-3-2-4-8-18/h2-15,23,25-26H,16H2,1H3. The van der Waals surface area contributed by atoms with Crippen molar-refractivity contribution in [1.29, 1.82) is 0 Å². The predicted molar refractivity (Wildman–Crippen MR) is 112 cm³/mol. The summed E-state index contributed by atoms with van der Waals surface area (Å²) in [5.74, 6) is -0.311. The molecule has 0 saturated carbocycles. The van der Waals surface area contributed by atoms with E-state index in [4.69, 9.17) is 4.74 Å². The van der Waals surface area contributed by atoms with E-state index in [9.17, 15) is 4.79 Å². The molecule has 28 heavy (non-hydrogen) atoms. The van der Waals surface area contributed by atoms with Gasteiger partial charge >= 0.3 is 5.97 Å². The van der Waals surface area contributed by atoms with Crippen molar-refractivity contribution in [2.45, 2.75) is 19.6 Å². The number of fused-ring (bicyclic) bond motifs is 1. The van der Waals surface area contributed by atoms with E-state index in [0.717, 1.165) is 27.7 Å². The van der Waals surface area contributed by atoms with Gasteiger partial charge in [0.1, 0.15) is 6.61 Å². The number of rotatable bonds is 6. The van der Waals surface area contributed by atoms with Gasteiger partial charge in [-0.15, -0.1) is 0 Å². The van der Waals surface area contributed by atoms with Crippen LogP contribution in [0.4, 0.5) is 5.69 Å². The van der Waals surface area contributed by atoms with Crippen LogP contribution in [-0.4, -0.2) is 11.0 Å². The molecule has 4 nitrogen and oxygen atoms in total. The van der Waals surface area contributed by atoms with Crippen LogP contribution in [0.2, 0.25) is 0 Å². The normalized spacial score (nSPS) is 11.9. The average Bonchev–Trinajstić information content (AvgIpc) is 3.16. The number of anilines is 1. The number of aromatic nitrogens is 1. The lowest BCUT2D eigenvalue weighted by Crippen LogP contribution is -2.23. The summed E-state index contributed by atoms with van der Waals surface area (Å²) in [4.78, 5) is 16.3. The summed E-state index contributed by atoms with van der Waals surface area (Å²) < 4.78 is 5.64. The lowest BCUT2D eigenvalue weighted by atomic mass is 10.1. The molecule has 0 saturated heterocycles. The zero-order valence-electron chi connectivity index (χ0n) is 15.7. The number of benzene rings is 3. The molecule has 0 aliphatic rings. The minimum Gasteiger partial charge on any atom is -0.459 e. The summed E-state index contributed by atoms with van der Waals surface area (Å²) in [6.45, 7) is 2.28. The highest BCUT2D eigenvalue weighted by molar-refractivity contribution is 5.91. The van der Waals surface area contributed by atoms with Gasteiger partial charge in [-0.25, -0.2) is 4.79 Å². The highest BCUT2D eigenvalue weighted by Gasteiger charge is 2.25. The lowest BCUT2D eigenvalue weighted by molar-refractivity contribution is -0.146. The smallest absolute Gasteiger partial charge is 0.333 e. The van der Waals surface area contributed by atoms with Gasteiger partial charge in [-0.05, 0) is 30.7 Å². The first-order chi connectivity index (χ1) is 13.7. The molecule has 1 aromatic heterocycles. The van der Waals surface area contributed by atoms with Crippen molar-refractivity contribution in [2.75, 3.05) is 5.32 Å². The number of hydrogen-bond acceptors (Lipinski definition) is 3. The minimum atomic E-state index is -0.609. The van der Waals surface area contributed by atoms with Gasteiger partial charge in [-0.3, -0.25) is 0 Å². The molecule has 0 aliphatic heterocycles. The number of ether oxygens (including phenoxy) is 1. The fraction of sp³-hybridized carbons (Fsp3) is 0.125. The maximum absolute atomic E-state index is 13.0. The Labute approximate surface area is 164 Å². The maximum Gasteiger partial charge on any atom is 0.333 e. The van der Waals surface area contributed by atoms with Gasteiger partial charge in [-0.1, -0.05) is 66.2 Å². The molecule has 1 atom stereocenters. The van der Waals surface area contributed by atoms with Gasteiger partial charge in [0, 0.05) is 28.4 Å². The number of para-hydroxylation sites is 1. The number of aryl methyl sites for hydroxylation is 1. The van der Waals surface area contributed by atoms with Gasteiger partial charge < -0.3 is 15.0 Å². The van der Waals surface area contributed by atoms with Crippen molar-refractivity contribution in [3.63, 3.8) is 0 Å². The Balaban J connectivity index is 1.62. The van der Waals surface area contributed by atoms with E-state index in [1.54, 1.807) is 0 Å². The molecule has 1 unspecified atom stereocenters. The van der Waals surface area contributed by atoms with Gasteiger partial charge in [0.25, 0.3) is 0 Å². The second-order valence-corrected chi connectivity index (χ2v) is 6.83. The van der Waals surface area contributed by atoms with Crippen molar-refractivity contribution in [1.82, 2.24) is 4.98 Å². The van der Waals surface area contributed by atoms with Crippen LogP contribution in [-0.2, 0) is 16.1 Å². The molecule has 0 spiro atoms. The summed E-state index contributed by atoms with van der Waals surface area (Å²) in [6.07, 6.45) is 1.88. The molecule has 4 aromatic rings. The number of carbonyl (C=O) groups is 1. The van der Waals surface area contributed by atoms with Crippen LogP contribution in [0.25, 0.3) is 10.9 Å². The Morgan fingerprint density at radius 2 is 1.68 bits per heavy atom. The zero-order valence-corrected chi connectivity index (χ0v) is 15.7. The number of esters is 1. The van der Waals surface area contributed by atoms with Crippen LogP contribution in [0.5, 0.6) is 0 Å². The Bertz CT molecular complexity index is 1070. The van der Waals surface area contributed by atoms with Crippen LogP contribution >= 0.6 is 0 Å². The van der Waals surface area contributed by atoms with E-state index in [1.165, 1.54) is 5.56 Å². The van der Waals surface area contributed by atoms with Crippen LogP contribution < -0.4 is 5.32 Å². The topological polar surface area (TPSA) is 54.1 Å². The summed E-state index contributed by atoms with van der Waals surface area (Å²) in [6, 6.07) is 25.0. The summed E-state index contributed by atoms with van der Waals surface area (Å²) >= 11 is 0. The van der Waals surface area contributed by atoms with E-state index >= 15 is 0 Å². The second kappa shape index (κ2) is 8.01. The largest absolute Gasteiger partial charge is 0.459 e. The SMILES string of the molecule is Cc1ccc(NC(C(=O)OCc2ccccc2)c2c[nH]c3ccccc23)cc1. The number of carbonyl (C=O) groups excluding carboxylic acids is 1. The molecule has 140 valence electrons. The lowest BCUT2D eigenvalue weighted by Gasteiger charge is -2.19. The van der Waals surface area contributed by atoms with Crippen molar-refractivity contribution in [3.8, 4) is 0 Å². The van der Waals surface area contributed by atoms with E-state index < -0.39 is 6.04 Å². The molecule has 4 heteroatoms. The van der Waals surface area contributed by atoms with Crippen LogP contribution in [0.3, 0.4) is 0 Å². The first-order valence-corrected chi connectivity index (χ1v) is 9.30. The Morgan fingerprint density at radius 3 is 2.46 bits per heavy atom. The number of hydrogen-bond donors (Lipinski definition) is 2. The fourth-order valence-electron chi connectivity index (χ4n) is 3.22. The van der Waals surface area contributed by atoms with Gasteiger partial charge in [0.2, 0.25) is 0 Å². The molecule has 0 radical (unpaired) electrons. The summed E-state index contributed by atoms with van der Waals surface area (Å²) in [7, 11) is 0. The number of H-pyrrole nitrogens is 1. The Morgan fingerprint density at radius 1 is 0.964 bits per heavy atom. The third-order valence-corrected chi connectivity index (χ3v) is 4.75. The minimum absolute atomic E-state index is 0.244. The number of nitrogens with one attached hydrogen (secondary N) is 2. The van der Waals surface area contributed by atoms with Crippen molar-refractivity contribution >= 4 is 22.6 Å². The van der Waals surface area contributed by atoms with E-state index in [0.29, 0.717) is 0 Å². The van der Waals surface area contributed by atoms with Crippen LogP contribution in [0.1, 0.15) is 22.7 Å². The molecule has 0 amide bonds. The van der Waals surface area contributed by atoms with E-state index in [-0.39, 0.29) is 12.6 Å². The predicted octanol–water partition coefficient (Wildman–Crippen LogP) is 5.37. The van der Waals surface area contributed by atoms with Crippen molar-refractivity contribution in [2.24, 2.45) is 0 Å². The summed E-state index contributed by atoms with van der Waals surface area (Å²) in [5, 5.41) is 4.35. The third kappa shape index (κ3) is 3.91. The van der Waals surface area contributed by atoms with E-state index in [1.807, 2.05) is 92.0 Å². The zero-order chi connectivity index (χ0) is 19.3. The molecular formula is C24H22N2O2. The highest BCUT2D eigenvalue weighted by atomic mass is 16.5. The van der Waals surface area contributed by atoms with Crippen LogP contribution in [0, 0.1) is 6.92 Å². The van der Waals surface area contributed by atoms with Gasteiger partial charge in [0.15, 0.2) is 6.04 Å². The highest BCUT2D eigenvalue weighted by Crippen LogP contribution is 2.28. The third-order valence-electron chi connectivity index (χ3n) is 4.75. The Kier molecular flexibility index (Phi) is 5.11. The molecule has 0 aliphatic carbocycles. The molecular weight excluding hydrogens is 348 g/mol. The molecule has 2 N–H and O–H groups in total. The average molecular weight is 370 g/mol. The van der Waals surface area contributed by atoms with Gasteiger partial charge in [-0.2, -0.15) is 0 Å². The molecule has 3 aromatic carbocycles. The monoisotopic (exact) mass is 370 g/mol. The van der Waals surface area contributed by atoms with E-state index in [2.05, 4.69) is 10.3 Å². The van der Waals surface area contributed by atoms with Gasteiger partial charge in [0.05, 0.1) is 0 Å². The maximum atomic E-state index is 13.0. The quantitative estimate of drug-likeness (QED) is 0.449. The van der Waals surface area contributed by atoms with Crippen molar-refractivity contribution in [3.05, 3.63) is 102 Å². The molecule has 0 bridgehead atoms. The first kappa shape index (κ1) is 17.9. The summed E-state index contributed by atoms with van der Waals surface area (Å²) in [5.41, 5.74) is 4.86. The van der Waals surface area contributed by atoms with Crippen molar-refractivity contribution < 1.29 is 9.53 Å².